The molecule has 2 N–H and O–H groups in total. The molecule has 0 saturated carbocycles. The predicted molar refractivity (Wildman–Crippen MR) is 62.1 cm³/mol. The number of carboxylic acid groups (broad SMARTS) is 1. The van der Waals surface area contributed by atoms with Crippen molar-refractivity contribution in [3.63, 3.8) is 0 Å². The molecular formula is C12H18N2O2. The minimum absolute atomic E-state index is 0.104. The molecule has 16 heavy (non-hydrogen) atoms. The van der Waals surface area contributed by atoms with Crippen molar-refractivity contribution in [2.24, 2.45) is 5.41 Å². The Bertz CT molecular complexity index is 349. The molecule has 0 saturated heterocycles. The van der Waals surface area contributed by atoms with Gasteiger partial charge in [0.25, 0.3) is 0 Å². The first-order valence-corrected chi connectivity index (χ1v) is 5.30. The van der Waals surface area contributed by atoms with Crippen molar-refractivity contribution in [3.05, 3.63) is 30.1 Å². The van der Waals surface area contributed by atoms with E-state index in [-0.39, 0.29) is 6.04 Å². The van der Waals surface area contributed by atoms with Gasteiger partial charge in [-0.15, -0.1) is 0 Å². The monoisotopic (exact) mass is 222 g/mol. The number of carboxylic acids is 1. The largest absolute Gasteiger partial charge is 0.481 e. The normalized spacial score (nSPS) is 13.4. The smallest absolute Gasteiger partial charge is 0.310 e. The number of hydrogen-bond donors (Lipinski definition) is 2. The molecule has 0 aromatic carbocycles. The molecule has 4 heteroatoms. The lowest BCUT2D eigenvalue weighted by Gasteiger charge is -2.22. The number of carbonyl (C=O) groups is 1. The highest BCUT2D eigenvalue weighted by atomic mass is 16.4. The second kappa shape index (κ2) is 5.07. The molecule has 0 amide bonds. The molecule has 0 aliphatic heterocycles. The summed E-state index contributed by atoms with van der Waals surface area (Å²) in [5.74, 6) is -0.793. The van der Waals surface area contributed by atoms with Crippen LogP contribution in [0.3, 0.4) is 0 Å². The number of rotatable bonds is 5. The van der Waals surface area contributed by atoms with Crippen LogP contribution in [0.2, 0.25) is 0 Å². The molecule has 0 radical (unpaired) electrons. The van der Waals surface area contributed by atoms with Gasteiger partial charge in [0.05, 0.1) is 5.41 Å². The third-order valence-corrected chi connectivity index (χ3v) is 2.61. The summed E-state index contributed by atoms with van der Waals surface area (Å²) in [6.45, 7) is 5.84. The highest BCUT2D eigenvalue weighted by Gasteiger charge is 2.27. The van der Waals surface area contributed by atoms with Crippen LogP contribution in [-0.4, -0.2) is 22.6 Å². The number of aromatic nitrogens is 1. The van der Waals surface area contributed by atoms with Gasteiger partial charge in [0.15, 0.2) is 0 Å². The highest BCUT2D eigenvalue weighted by molar-refractivity contribution is 5.73. The third-order valence-electron chi connectivity index (χ3n) is 2.61. The second-order valence-electron chi connectivity index (χ2n) is 4.58. The van der Waals surface area contributed by atoms with Crippen molar-refractivity contribution in [1.82, 2.24) is 10.3 Å². The number of aliphatic carboxylic acids is 1. The van der Waals surface area contributed by atoms with E-state index in [9.17, 15) is 4.79 Å². The summed E-state index contributed by atoms with van der Waals surface area (Å²) < 4.78 is 0. The van der Waals surface area contributed by atoms with E-state index >= 15 is 0 Å². The van der Waals surface area contributed by atoms with Crippen LogP contribution in [0.1, 0.15) is 32.4 Å². The molecule has 0 unspecified atom stereocenters. The number of nitrogens with zero attached hydrogens (tertiary/aromatic N) is 1. The molecule has 0 fully saturated rings. The Morgan fingerprint density at radius 2 is 2.31 bits per heavy atom. The average Bonchev–Trinajstić information content (AvgIpc) is 2.27. The summed E-state index contributed by atoms with van der Waals surface area (Å²) in [5.41, 5.74) is 0.305. The van der Waals surface area contributed by atoms with Gasteiger partial charge in [-0.3, -0.25) is 9.78 Å². The molecule has 1 heterocycles. The molecule has 1 rings (SSSR count). The van der Waals surface area contributed by atoms with Crippen LogP contribution in [0.4, 0.5) is 0 Å². The molecular weight excluding hydrogens is 204 g/mol. The summed E-state index contributed by atoms with van der Waals surface area (Å²) >= 11 is 0. The van der Waals surface area contributed by atoms with Gasteiger partial charge in [-0.25, -0.2) is 0 Å². The Morgan fingerprint density at radius 1 is 1.62 bits per heavy atom. The lowest BCUT2D eigenvalue weighted by atomic mass is 9.93. The van der Waals surface area contributed by atoms with Crippen LogP contribution in [0, 0.1) is 5.41 Å². The van der Waals surface area contributed by atoms with Crippen molar-refractivity contribution in [2.75, 3.05) is 6.54 Å². The van der Waals surface area contributed by atoms with Crippen molar-refractivity contribution in [2.45, 2.75) is 26.8 Å². The Hall–Kier alpha value is -1.42. The highest BCUT2D eigenvalue weighted by Crippen LogP contribution is 2.16. The van der Waals surface area contributed by atoms with Crippen molar-refractivity contribution < 1.29 is 9.90 Å². The van der Waals surface area contributed by atoms with E-state index in [1.54, 1.807) is 26.2 Å². The van der Waals surface area contributed by atoms with Gasteiger partial charge in [-0.05, 0) is 32.4 Å². The summed E-state index contributed by atoms with van der Waals surface area (Å²) in [4.78, 5) is 14.9. The minimum atomic E-state index is -0.793. The van der Waals surface area contributed by atoms with E-state index in [1.165, 1.54) is 0 Å². The zero-order valence-corrected chi connectivity index (χ0v) is 9.90. The van der Waals surface area contributed by atoms with Gasteiger partial charge in [0, 0.05) is 25.0 Å². The van der Waals surface area contributed by atoms with Crippen molar-refractivity contribution >= 4 is 5.97 Å². The number of pyridine rings is 1. The van der Waals surface area contributed by atoms with Crippen LogP contribution in [0.15, 0.2) is 24.5 Å². The van der Waals surface area contributed by atoms with Gasteiger partial charge in [-0.1, -0.05) is 6.07 Å². The Kier molecular flexibility index (Phi) is 4.01. The first-order chi connectivity index (χ1) is 7.43. The predicted octanol–water partition coefficient (Wildman–Crippen LogP) is 1.84. The lowest BCUT2D eigenvalue weighted by Crippen LogP contribution is -2.37. The Morgan fingerprint density at radius 3 is 2.81 bits per heavy atom. The first-order valence-electron chi connectivity index (χ1n) is 5.30. The molecule has 1 aromatic heterocycles. The van der Waals surface area contributed by atoms with Crippen LogP contribution in [0.25, 0.3) is 0 Å². The Labute approximate surface area is 95.7 Å². The molecule has 88 valence electrons. The molecule has 0 aliphatic rings. The average molecular weight is 222 g/mol. The summed E-state index contributed by atoms with van der Waals surface area (Å²) in [6, 6.07) is 3.95. The topological polar surface area (TPSA) is 62.2 Å². The molecule has 0 aliphatic carbocycles. The molecule has 1 aromatic rings. The van der Waals surface area contributed by atoms with Crippen molar-refractivity contribution in [1.29, 1.82) is 0 Å². The molecule has 4 nitrogen and oxygen atoms in total. The first kappa shape index (κ1) is 12.6. The summed E-state index contributed by atoms with van der Waals surface area (Å²) in [5, 5.41) is 12.2. The lowest BCUT2D eigenvalue weighted by molar-refractivity contribution is -0.146. The van der Waals surface area contributed by atoms with Crippen molar-refractivity contribution in [3.8, 4) is 0 Å². The van der Waals surface area contributed by atoms with E-state index < -0.39 is 11.4 Å². The van der Waals surface area contributed by atoms with Crippen LogP contribution >= 0.6 is 0 Å². The van der Waals surface area contributed by atoms with E-state index in [0.717, 1.165) is 5.56 Å². The molecule has 1 atom stereocenters. The van der Waals surface area contributed by atoms with E-state index in [0.29, 0.717) is 6.54 Å². The Balaban J connectivity index is 2.54. The fourth-order valence-electron chi connectivity index (χ4n) is 1.23. The maximum atomic E-state index is 10.9. The molecule has 0 bridgehead atoms. The maximum Gasteiger partial charge on any atom is 0.310 e. The number of nitrogens with one attached hydrogen (secondary N) is 1. The number of hydrogen-bond acceptors (Lipinski definition) is 3. The minimum Gasteiger partial charge on any atom is -0.481 e. The fraction of sp³-hybridized carbons (Fsp3) is 0.500. The third kappa shape index (κ3) is 3.31. The quantitative estimate of drug-likeness (QED) is 0.798. The van der Waals surface area contributed by atoms with Gasteiger partial charge >= 0.3 is 5.97 Å². The van der Waals surface area contributed by atoms with Gasteiger partial charge in [0.2, 0.25) is 0 Å². The zero-order chi connectivity index (χ0) is 12.2. The van der Waals surface area contributed by atoms with Crippen LogP contribution in [0.5, 0.6) is 0 Å². The SMILES string of the molecule is C[C@H](NCC(C)(C)C(=O)O)c1cccnc1. The van der Waals surface area contributed by atoms with Gasteiger partial charge in [-0.2, -0.15) is 0 Å². The maximum absolute atomic E-state index is 10.9. The summed E-state index contributed by atoms with van der Waals surface area (Å²) in [6.07, 6.45) is 3.50. The van der Waals surface area contributed by atoms with Gasteiger partial charge in [0.1, 0.15) is 0 Å². The summed E-state index contributed by atoms with van der Waals surface area (Å²) in [7, 11) is 0. The fourth-order valence-corrected chi connectivity index (χ4v) is 1.23. The standard InChI is InChI=1S/C12H18N2O2/c1-9(10-5-4-6-13-7-10)14-8-12(2,3)11(15)16/h4-7,9,14H,8H2,1-3H3,(H,15,16)/t9-/m0/s1. The van der Waals surface area contributed by atoms with Crippen LogP contribution in [-0.2, 0) is 4.79 Å². The van der Waals surface area contributed by atoms with E-state index in [2.05, 4.69) is 10.3 Å². The van der Waals surface area contributed by atoms with Crippen LogP contribution < -0.4 is 5.32 Å². The second-order valence-corrected chi connectivity index (χ2v) is 4.58. The van der Waals surface area contributed by atoms with E-state index in [1.807, 2.05) is 19.1 Å². The zero-order valence-electron chi connectivity index (χ0n) is 9.90. The van der Waals surface area contributed by atoms with Gasteiger partial charge < -0.3 is 10.4 Å². The van der Waals surface area contributed by atoms with E-state index in [4.69, 9.17) is 5.11 Å². The molecule has 0 spiro atoms.